The molecule has 2 aromatic rings. The highest BCUT2D eigenvalue weighted by atomic mass is 35.5. The number of alkyl halides is 1. The molecule has 4 heteroatoms. The Hall–Kier alpha value is -1.35. The third-order valence-corrected chi connectivity index (χ3v) is 3.08. The molecule has 0 aliphatic heterocycles. The Balaban J connectivity index is 2.11. The van der Waals surface area contributed by atoms with Crippen LogP contribution in [0.25, 0.3) is 0 Å². The van der Waals surface area contributed by atoms with Crippen molar-refractivity contribution in [1.82, 2.24) is 9.55 Å². The number of hydrogen-bond acceptors (Lipinski definition) is 1. The molecule has 0 N–H and O–H groups in total. The molecule has 0 spiro atoms. The second kappa shape index (κ2) is 5.32. The third kappa shape index (κ3) is 2.86. The van der Waals surface area contributed by atoms with Gasteiger partial charge in [0.25, 0.3) is 0 Å². The van der Waals surface area contributed by atoms with Crippen LogP contribution in [0, 0.1) is 5.82 Å². The van der Waals surface area contributed by atoms with Crippen molar-refractivity contribution in [3.05, 3.63) is 53.9 Å². The Morgan fingerprint density at radius 3 is 2.71 bits per heavy atom. The van der Waals surface area contributed by atoms with E-state index in [0.717, 1.165) is 17.7 Å². The number of rotatable bonds is 4. The van der Waals surface area contributed by atoms with Crippen molar-refractivity contribution >= 4 is 11.6 Å². The topological polar surface area (TPSA) is 17.8 Å². The van der Waals surface area contributed by atoms with Crippen LogP contribution in [0.5, 0.6) is 0 Å². The molecule has 0 amide bonds. The molecule has 0 fully saturated rings. The first-order chi connectivity index (χ1) is 8.20. The molecule has 0 bridgehead atoms. The first-order valence-electron chi connectivity index (χ1n) is 5.52. The average Bonchev–Trinajstić information content (AvgIpc) is 2.80. The van der Waals surface area contributed by atoms with E-state index in [1.54, 1.807) is 12.5 Å². The van der Waals surface area contributed by atoms with Gasteiger partial charge in [0.2, 0.25) is 0 Å². The summed E-state index contributed by atoms with van der Waals surface area (Å²) in [6, 6.07) is 6.85. The summed E-state index contributed by atoms with van der Waals surface area (Å²) in [7, 11) is 0. The Kier molecular flexibility index (Phi) is 3.79. The van der Waals surface area contributed by atoms with Gasteiger partial charge in [-0.05, 0) is 31.0 Å². The summed E-state index contributed by atoms with van der Waals surface area (Å²) in [5.74, 6) is 0.249. The number of nitrogens with zero attached hydrogens (tertiary/aromatic N) is 2. The van der Waals surface area contributed by atoms with Gasteiger partial charge >= 0.3 is 0 Å². The van der Waals surface area contributed by atoms with Crippen molar-refractivity contribution in [2.75, 3.05) is 0 Å². The molecule has 1 aromatic carbocycles. The molecule has 2 rings (SSSR count). The number of aromatic nitrogens is 2. The highest BCUT2D eigenvalue weighted by Crippen LogP contribution is 2.17. The van der Waals surface area contributed by atoms with E-state index in [1.807, 2.05) is 12.1 Å². The minimum absolute atomic E-state index is 0.203. The second-order valence-corrected chi connectivity index (χ2v) is 4.37. The third-order valence-electron chi connectivity index (χ3n) is 2.80. The Morgan fingerprint density at radius 2 is 2.06 bits per heavy atom. The normalized spacial score (nSPS) is 12.6. The predicted octanol–water partition coefficient (Wildman–Crippen LogP) is 3.56. The van der Waals surface area contributed by atoms with Crippen molar-refractivity contribution in [1.29, 1.82) is 0 Å². The molecular formula is C13H14ClFN2. The number of halogens is 2. The molecule has 0 aliphatic carbocycles. The second-order valence-electron chi connectivity index (χ2n) is 4.11. The molecule has 1 heterocycles. The van der Waals surface area contributed by atoms with Gasteiger partial charge in [0.15, 0.2) is 0 Å². The van der Waals surface area contributed by atoms with E-state index < -0.39 is 0 Å². The van der Waals surface area contributed by atoms with Crippen LogP contribution in [-0.4, -0.2) is 9.55 Å². The molecule has 90 valence electrons. The van der Waals surface area contributed by atoms with E-state index in [0.29, 0.717) is 5.88 Å². The number of benzene rings is 1. The summed E-state index contributed by atoms with van der Waals surface area (Å²) in [5, 5.41) is 0. The fourth-order valence-corrected chi connectivity index (χ4v) is 2.10. The zero-order chi connectivity index (χ0) is 12.3. The minimum atomic E-state index is -0.203. The van der Waals surface area contributed by atoms with Crippen LogP contribution in [0.2, 0.25) is 0 Å². The van der Waals surface area contributed by atoms with E-state index in [1.165, 1.54) is 12.1 Å². The van der Waals surface area contributed by atoms with Gasteiger partial charge in [-0.15, -0.1) is 11.6 Å². The van der Waals surface area contributed by atoms with Crippen LogP contribution in [0.15, 0.2) is 36.8 Å². The molecule has 0 aliphatic rings. The molecule has 1 atom stereocenters. The molecule has 1 unspecified atom stereocenters. The SMILES string of the molecule is CC(Cc1ccc(F)cc1)n1cncc1CCl. The molecule has 0 saturated heterocycles. The first-order valence-corrected chi connectivity index (χ1v) is 6.05. The predicted molar refractivity (Wildman–Crippen MR) is 66.6 cm³/mol. The number of hydrogen-bond donors (Lipinski definition) is 0. The maximum Gasteiger partial charge on any atom is 0.123 e. The molecule has 0 radical (unpaired) electrons. The largest absolute Gasteiger partial charge is 0.330 e. The molecule has 2 nitrogen and oxygen atoms in total. The Bertz CT molecular complexity index is 478. The monoisotopic (exact) mass is 252 g/mol. The summed E-state index contributed by atoms with van der Waals surface area (Å²) in [6.45, 7) is 2.10. The smallest absolute Gasteiger partial charge is 0.123 e. The highest BCUT2D eigenvalue weighted by Gasteiger charge is 2.09. The van der Waals surface area contributed by atoms with Crippen molar-refractivity contribution in [3.63, 3.8) is 0 Å². The van der Waals surface area contributed by atoms with Crippen LogP contribution in [0.3, 0.4) is 0 Å². The average molecular weight is 253 g/mol. The fourth-order valence-electron chi connectivity index (χ4n) is 1.89. The van der Waals surface area contributed by atoms with Gasteiger partial charge in [-0.1, -0.05) is 12.1 Å². The maximum absolute atomic E-state index is 12.8. The van der Waals surface area contributed by atoms with Gasteiger partial charge in [0.05, 0.1) is 17.9 Å². The van der Waals surface area contributed by atoms with Crippen molar-refractivity contribution in [2.24, 2.45) is 0 Å². The standard InChI is InChI=1S/C13H14ClFN2/c1-10(17-9-16-8-13(17)7-14)6-11-2-4-12(15)5-3-11/h2-5,8-10H,6-7H2,1H3. The highest BCUT2D eigenvalue weighted by molar-refractivity contribution is 6.16. The minimum Gasteiger partial charge on any atom is -0.330 e. The summed E-state index contributed by atoms with van der Waals surface area (Å²) in [6.07, 6.45) is 4.39. The van der Waals surface area contributed by atoms with Crippen molar-refractivity contribution < 1.29 is 4.39 Å². The first kappa shape index (κ1) is 12.1. The van der Waals surface area contributed by atoms with Gasteiger partial charge in [-0.2, -0.15) is 0 Å². The van der Waals surface area contributed by atoms with Crippen LogP contribution in [-0.2, 0) is 12.3 Å². The van der Waals surface area contributed by atoms with Gasteiger partial charge in [-0.3, -0.25) is 0 Å². The molecule has 17 heavy (non-hydrogen) atoms. The molecular weight excluding hydrogens is 239 g/mol. The lowest BCUT2D eigenvalue weighted by Gasteiger charge is -2.15. The van der Waals surface area contributed by atoms with E-state index in [-0.39, 0.29) is 11.9 Å². The van der Waals surface area contributed by atoms with Crippen LogP contribution < -0.4 is 0 Å². The van der Waals surface area contributed by atoms with Crippen molar-refractivity contribution in [3.8, 4) is 0 Å². The van der Waals surface area contributed by atoms with Crippen LogP contribution in [0.4, 0.5) is 4.39 Å². The van der Waals surface area contributed by atoms with Gasteiger partial charge < -0.3 is 4.57 Å². The number of imidazole rings is 1. The summed E-state index contributed by atoms with van der Waals surface area (Å²) in [5.41, 5.74) is 2.11. The lowest BCUT2D eigenvalue weighted by molar-refractivity contribution is 0.530. The zero-order valence-electron chi connectivity index (χ0n) is 9.61. The zero-order valence-corrected chi connectivity index (χ0v) is 10.4. The van der Waals surface area contributed by atoms with Gasteiger partial charge in [0.1, 0.15) is 5.82 Å². The van der Waals surface area contributed by atoms with Gasteiger partial charge in [0, 0.05) is 12.2 Å². The quantitative estimate of drug-likeness (QED) is 0.761. The van der Waals surface area contributed by atoms with E-state index in [4.69, 9.17) is 11.6 Å². The summed E-state index contributed by atoms with van der Waals surface area (Å²) < 4.78 is 14.8. The molecule has 0 saturated carbocycles. The Labute approximate surface area is 105 Å². The molecule has 1 aromatic heterocycles. The lowest BCUT2D eigenvalue weighted by atomic mass is 10.1. The fraction of sp³-hybridized carbons (Fsp3) is 0.308. The summed E-state index contributed by atoms with van der Waals surface area (Å²) >= 11 is 5.83. The van der Waals surface area contributed by atoms with Crippen molar-refractivity contribution in [2.45, 2.75) is 25.3 Å². The summed E-state index contributed by atoms with van der Waals surface area (Å²) in [4.78, 5) is 4.09. The maximum atomic E-state index is 12.8. The van der Waals surface area contributed by atoms with Crippen LogP contribution >= 0.6 is 11.6 Å². The van der Waals surface area contributed by atoms with Gasteiger partial charge in [-0.25, -0.2) is 9.37 Å². The van der Waals surface area contributed by atoms with Crippen LogP contribution in [0.1, 0.15) is 24.2 Å². The lowest BCUT2D eigenvalue weighted by Crippen LogP contribution is -2.09. The van der Waals surface area contributed by atoms with E-state index in [9.17, 15) is 4.39 Å². The van der Waals surface area contributed by atoms with E-state index in [2.05, 4.69) is 16.5 Å². The van der Waals surface area contributed by atoms with E-state index >= 15 is 0 Å². The Morgan fingerprint density at radius 1 is 1.35 bits per heavy atom.